The van der Waals surface area contributed by atoms with E-state index >= 15 is 0 Å². The van der Waals surface area contributed by atoms with Crippen molar-refractivity contribution in [2.75, 3.05) is 31.2 Å². The SMILES string of the molecule is NC(=O)c1nc(-c2c(F)cccc2F)oc1-c1ccc(N2CCOCC2)nc1. The number of pyridine rings is 1. The van der Waals surface area contributed by atoms with E-state index in [4.69, 9.17) is 14.9 Å². The van der Waals surface area contributed by atoms with Gasteiger partial charge in [-0.1, -0.05) is 6.07 Å². The highest BCUT2D eigenvalue weighted by atomic mass is 19.1. The predicted octanol–water partition coefficient (Wildman–Crippen LogP) is 2.62. The molecule has 0 radical (unpaired) electrons. The number of anilines is 1. The first-order valence-corrected chi connectivity index (χ1v) is 8.58. The van der Waals surface area contributed by atoms with Crippen molar-refractivity contribution in [2.24, 2.45) is 5.73 Å². The number of morpholine rings is 1. The molecule has 0 saturated carbocycles. The summed E-state index contributed by atoms with van der Waals surface area (Å²) < 4.78 is 39.0. The van der Waals surface area contributed by atoms with Gasteiger partial charge in [0.05, 0.1) is 13.2 Å². The van der Waals surface area contributed by atoms with Crippen LogP contribution in [0.1, 0.15) is 10.5 Å². The van der Waals surface area contributed by atoms with E-state index in [1.54, 1.807) is 12.1 Å². The molecule has 28 heavy (non-hydrogen) atoms. The molecule has 0 aliphatic carbocycles. The van der Waals surface area contributed by atoms with Crippen LogP contribution in [0.15, 0.2) is 40.9 Å². The molecule has 1 amide bonds. The van der Waals surface area contributed by atoms with Crippen molar-refractivity contribution in [2.45, 2.75) is 0 Å². The molecule has 7 nitrogen and oxygen atoms in total. The maximum Gasteiger partial charge on any atom is 0.271 e. The summed E-state index contributed by atoms with van der Waals surface area (Å²) in [7, 11) is 0. The Morgan fingerprint density at radius 2 is 1.82 bits per heavy atom. The minimum absolute atomic E-state index is 0.00572. The Labute approximate surface area is 158 Å². The van der Waals surface area contributed by atoms with Gasteiger partial charge in [-0.2, -0.15) is 0 Å². The maximum atomic E-state index is 14.1. The van der Waals surface area contributed by atoms with E-state index in [1.807, 2.05) is 0 Å². The fraction of sp³-hybridized carbons (Fsp3) is 0.211. The Balaban J connectivity index is 1.73. The van der Waals surface area contributed by atoms with Crippen LogP contribution in [0, 0.1) is 11.6 Å². The lowest BCUT2D eigenvalue weighted by Gasteiger charge is -2.27. The minimum atomic E-state index is -0.876. The number of aromatic nitrogens is 2. The molecule has 9 heteroatoms. The lowest BCUT2D eigenvalue weighted by Crippen LogP contribution is -2.36. The van der Waals surface area contributed by atoms with Crippen LogP contribution >= 0.6 is 0 Å². The second kappa shape index (κ2) is 7.35. The van der Waals surface area contributed by atoms with E-state index in [9.17, 15) is 13.6 Å². The zero-order valence-corrected chi connectivity index (χ0v) is 14.7. The van der Waals surface area contributed by atoms with Gasteiger partial charge in [0, 0.05) is 24.8 Å². The Morgan fingerprint density at radius 1 is 1.11 bits per heavy atom. The molecule has 1 saturated heterocycles. The van der Waals surface area contributed by atoms with Gasteiger partial charge in [0.15, 0.2) is 11.5 Å². The molecule has 1 aliphatic heterocycles. The van der Waals surface area contributed by atoms with Crippen LogP contribution in [0.5, 0.6) is 0 Å². The van der Waals surface area contributed by atoms with E-state index in [0.717, 1.165) is 31.0 Å². The molecular weight excluding hydrogens is 370 g/mol. The molecule has 1 aliphatic rings. The van der Waals surface area contributed by atoms with E-state index in [0.29, 0.717) is 18.8 Å². The quantitative estimate of drug-likeness (QED) is 0.741. The molecule has 144 valence electrons. The molecule has 0 bridgehead atoms. The number of nitrogens with two attached hydrogens (primary N) is 1. The Bertz CT molecular complexity index is 994. The molecule has 0 atom stereocenters. The van der Waals surface area contributed by atoms with Crippen molar-refractivity contribution in [1.82, 2.24) is 9.97 Å². The van der Waals surface area contributed by atoms with Gasteiger partial charge in [0.25, 0.3) is 5.91 Å². The third kappa shape index (κ3) is 3.31. The van der Waals surface area contributed by atoms with Crippen LogP contribution in [-0.2, 0) is 4.74 Å². The van der Waals surface area contributed by atoms with Crippen molar-refractivity contribution in [3.63, 3.8) is 0 Å². The summed E-state index contributed by atoms with van der Waals surface area (Å²) in [5.74, 6) is -2.20. The number of benzene rings is 1. The molecule has 0 spiro atoms. The molecule has 1 aromatic carbocycles. The van der Waals surface area contributed by atoms with Crippen LogP contribution in [0.4, 0.5) is 14.6 Å². The second-order valence-corrected chi connectivity index (χ2v) is 6.16. The second-order valence-electron chi connectivity index (χ2n) is 6.16. The van der Waals surface area contributed by atoms with E-state index < -0.39 is 23.1 Å². The zero-order valence-electron chi connectivity index (χ0n) is 14.7. The number of hydrogen-bond acceptors (Lipinski definition) is 6. The number of amides is 1. The number of oxazole rings is 1. The van der Waals surface area contributed by atoms with E-state index in [1.165, 1.54) is 12.3 Å². The highest BCUT2D eigenvalue weighted by Crippen LogP contribution is 2.32. The van der Waals surface area contributed by atoms with Crippen LogP contribution in [0.2, 0.25) is 0 Å². The third-order valence-corrected chi connectivity index (χ3v) is 4.38. The Morgan fingerprint density at radius 3 is 2.43 bits per heavy atom. The number of nitrogens with zero attached hydrogens (tertiary/aromatic N) is 3. The standard InChI is InChI=1S/C19H16F2N4O3/c20-12-2-1-3-13(21)15(12)19-24-16(18(22)26)17(28-19)11-4-5-14(23-10-11)25-6-8-27-9-7-25/h1-5,10H,6-9H2,(H2,22,26). The minimum Gasteiger partial charge on any atom is -0.435 e. The van der Waals surface area contributed by atoms with Gasteiger partial charge in [-0.3, -0.25) is 4.79 Å². The Kier molecular flexibility index (Phi) is 4.74. The van der Waals surface area contributed by atoms with Crippen LogP contribution < -0.4 is 10.6 Å². The highest BCUT2D eigenvalue weighted by Gasteiger charge is 2.24. The molecule has 4 rings (SSSR count). The topological polar surface area (TPSA) is 94.5 Å². The first-order chi connectivity index (χ1) is 13.5. The fourth-order valence-corrected chi connectivity index (χ4v) is 2.99. The maximum absolute atomic E-state index is 14.1. The van der Waals surface area contributed by atoms with Crippen LogP contribution in [-0.4, -0.2) is 42.2 Å². The van der Waals surface area contributed by atoms with E-state index in [2.05, 4.69) is 14.9 Å². The number of hydrogen-bond donors (Lipinski definition) is 1. The molecule has 2 N–H and O–H groups in total. The van der Waals surface area contributed by atoms with Crippen LogP contribution in [0.3, 0.4) is 0 Å². The van der Waals surface area contributed by atoms with Gasteiger partial charge in [-0.25, -0.2) is 18.7 Å². The van der Waals surface area contributed by atoms with Gasteiger partial charge in [0.2, 0.25) is 5.89 Å². The largest absolute Gasteiger partial charge is 0.435 e. The molecule has 2 aromatic heterocycles. The average Bonchev–Trinajstić information content (AvgIpc) is 3.14. The molecule has 0 unspecified atom stereocenters. The van der Waals surface area contributed by atoms with Gasteiger partial charge < -0.3 is 19.8 Å². The highest BCUT2D eigenvalue weighted by molar-refractivity contribution is 5.97. The summed E-state index contributed by atoms with van der Waals surface area (Å²) in [5, 5.41) is 0. The predicted molar refractivity (Wildman–Crippen MR) is 96.6 cm³/mol. The lowest BCUT2D eigenvalue weighted by molar-refractivity contribution is 0.0996. The average molecular weight is 386 g/mol. The number of carbonyl (C=O) groups excluding carboxylic acids is 1. The van der Waals surface area contributed by atoms with E-state index in [-0.39, 0.29) is 17.3 Å². The third-order valence-electron chi connectivity index (χ3n) is 4.38. The summed E-state index contributed by atoms with van der Waals surface area (Å²) in [6.07, 6.45) is 1.50. The molecule has 3 heterocycles. The summed E-state index contributed by atoms with van der Waals surface area (Å²) in [6.45, 7) is 2.68. The molecule has 3 aromatic rings. The number of rotatable bonds is 4. The molecule has 1 fully saturated rings. The summed E-state index contributed by atoms with van der Waals surface area (Å²) in [5.41, 5.74) is 5.11. The van der Waals surface area contributed by atoms with Gasteiger partial charge in [0.1, 0.15) is 23.0 Å². The molecular formula is C19H16F2N4O3. The first-order valence-electron chi connectivity index (χ1n) is 8.58. The van der Waals surface area contributed by atoms with Gasteiger partial charge in [-0.15, -0.1) is 0 Å². The van der Waals surface area contributed by atoms with Crippen molar-refractivity contribution >= 4 is 11.7 Å². The number of halogens is 2. The summed E-state index contributed by atoms with van der Waals surface area (Å²) in [6, 6.07) is 6.82. The number of primary amides is 1. The van der Waals surface area contributed by atoms with Crippen molar-refractivity contribution in [3.8, 4) is 22.8 Å². The number of carbonyl (C=O) groups is 1. The number of ether oxygens (including phenoxy) is 1. The summed E-state index contributed by atoms with van der Waals surface area (Å²) in [4.78, 5) is 22.1. The fourth-order valence-electron chi connectivity index (χ4n) is 2.99. The summed E-state index contributed by atoms with van der Waals surface area (Å²) >= 11 is 0. The zero-order chi connectivity index (χ0) is 19.7. The normalized spacial score (nSPS) is 14.3. The Hall–Kier alpha value is -3.33. The van der Waals surface area contributed by atoms with Crippen molar-refractivity contribution < 1.29 is 22.7 Å². The monoisotopic (exact) mass is 386 g/mol. The van der Waals surface area contributed by atoms with Gasteiger partial charge in [-0.05, 0) is 24.3 Å². The van der Waals surface area contributed by atoms with Crippen LogP contribution in [0.25, 0.3) is 22.8 Å². The first kappa shape index (κ1) is 18.1. The van der Waals surface area contributed by atoms with Crippen molar-refractivity contribution in [1.29, 1.82) is 0 Å². The van der Waals surface area contributed by atoms with Crippen molar-refractivity contribution in [3.05, 3.63) is 53.9 Å². The van der Waals surface area contributed by atoms with Gasteiger partial charge >= 0.3 is 0 Å². The smallest absolute Gasteiger partial charge is 0.271 e. The lowest BCUT2D eigenvalue weighted by atomic mass is 10.2.